The number of azo groups is 1. The molecule has 0 unspecified atom stereocenters. The first-order valence-electron chi connectivity index (χ1n) is 6.56. The van der Waals surface area contributed by atoms with Gasteiger partial charge in [-0.1, -0.05) is 29.4 Å². The molecule has 4 N–H and O–H groups in total. The number of thiophene rings is 1. The topological polar surface area (TPSA) is 78.5 Å². The molecule has 104 valence electrons. The van der Waals surface area contributed by atoms with E-state index >= 15 is 0 Å². The van der Waals surface area contributed by atoms with Crippen LogP contribution in [0.15, 0.2) is 52.0 Å². The zero-order valence-corrected chi connectivity index (χ0v) is 11.8. The smallest absolute Gasteiger partial charge is 0.339 e. The molecule has 1 aliphatic heterocycles. The van der Waals surface area contributed by atoms with E-state index in [2.05, 4.69) is 31.1 Å². The monoisotopic (exact) mass is 297 g/mol. The maximum Gasteiger partial charge on any atom is 0.344 e. The number of hydrogen-bond acceptors (Lipinski definition) is 5. The third-order valence-corrected chi connectivity index (χ3v) is 4.02. The second kappa shape index (κ2) is 5.02. The summed E-state index contributed by atoms with van der Waals surface area (Å²) in [5.41, 5.74) is 4.94. The lowest BCUT2D eigenvalue weighted by atomic mass is 10.2. The Labute approximate surface area is 124 Å². The number of hydrogen-bond donors (Lipinski definition) is 4. The number of rotatable bonds is 3. The fourth-order valence-corrected chi connectivity index (χ4v) is 2.84. The standard InChI is InChI=1S/C14H12N6S/c1-2-6-11-10(5-1)12-13(16-11)17-14(20-18-12)19-15-8-9-4-3-7-21-9/h1-8,14,16-17,19H/p+1/b15-8-/t14-/m0/s1. The van der Waals surface area contributed by atoms with Crippen LogP contribution in [-0.2, 0) is 0 Å². The number of anilines is 1. The molecule has 1 aliphatic rings. The Morgan fingerprint density at radius 2 is 2.24 bits per heavy atom. The van der Waals surface area contributed by atoms with Crippen LogP contribution in [0.5, 0.6) is 0 Å². The predicted octanol–water partition coefficient (Wildman–Crippen LogP) is 1.73. The number of H-pyrrole nitrogens is 1. The molecule has 3 aromatic rings. The highest BCUT2D eigenvalue weighted by Crippen LogP contribution is 2.34. The van der Waals surface area contributed by atoms with Gasteiger partial charge in [-0.2, -0.15) is 5.10 Å². The highest BCUT2D eigenvalue weighted by Gasteiger charge is 2.23. The highest BCUT2D eigenvalue weighted by molar-refractivity contribution is 7.11. The van der Waals surface area contributed by atoms with Gasteiger partial charge in [-0.25, -0.2) is 5.43 Å². The molecule has 0 fully saturated rings. The van der Waals surface area contributed by atoms with Crippen LogP contribution in [0.4, 0.5) is 11.5 Å². The van der Waals surface area contributed by atoms with Crippen molar-refractivity contribution in [3.8, 4) is 0 Å². The van der Waals surface area contributed by atoms with Gasteiger partial charge in [0.25, 0.3) is 0 Å². The van der Waals surface area contributed by atoms with E-state index in [0.29, 0.717) is 0 Å². The summed E-state index contributed by atoms with van der Waals surface area (Å²) in [6.07, 6.45) is 1.54. The summed E-state index contributed by atoms with van der Waals surface area (Å²) < 4.78 is 0. The van der Waals surface area contributed by atoms with Gasteiger partial charge in [0.05, 0.1) is 6.21 Å². The molecule has 2 aromatic heterocycles. The summed E-state index contributed by atoms with van der Waals surface area (Å²) in [4.78, 5) is 4.41. The third-order valence-electron chi connectivity index (χ3n) is 3.21. The average molecular weight is 297 g/mol. The number of aromatic nitrogens is 1. The molecule has 21 heavy (non-hydrogen) atoms. The fraction of sp³-hybridized carbons (Fsp3) is 0.0714. The number of nitrogens with one attached hydrogen (secondary N) is 4. The van der Waals surface area contributed by atoms with E-state index in [1.807, 2.05) is 41.8 Å². The van der Waals surface area contributed by atoms with E-state index in [9.17, 15) is 0 Å². The lowest BCUT2D eigenvalue weighted by Gasteiger charge is -2.11. The normalized spacial score (nSPS) is 17.0. The minimum Gasteiger partial charge on any atom is -0.339 e. The van der Waals surface area contributed by atoms with Crippen LogP contribution in [-0.4, -0.2) is 17.5 Å². The Morgan fingerprint density at radius 3 is 3.14 bits per heavy atom. The Morgan fingerprint density at radius 1 is 1.29 bits per heavy atom. The molecule has 0 bridgehead atoms. The van der Waals surface area contributed by atoms with Crippen molar-refractivity contribution in [3.63, 3.8) is 0 Å². The van der Waals surface area contributed by atoms with Crippen LogP contribution in [0.25, 0.3) is 10.9 Å². The van der Waals surface area contributed by atoms with E-state index in [1.54, 1.807) is 17.6 Å². The molecule has 3 heterocycles. The summed E-state index contributed by atoms with van der Waals surface area (Å²) in [5, 5.41) is 18.0. The maximum absolute atomic E-state index is 4.40. The minimum absolute atomic E-state index is 0.248. The lowest BCUT2D eigenvalue weighted by Crippen LogP contribution is -2.81. The van der Waals surface area contributed by atoms with Gasteiger partial charge >= 0.3 is 6.29 Å². The van der Waals surface area contributed by atoms with E-state index < -0.39 is 0 Å². The van der Waals surface area contributed by atoms with Gasteiger partial charge in [-0.3, -0.25) is 5.32 Å². The van der Waals surface area contributed by atoms with Crippen molar-refractivity contribution >= 4 is 40.0 Å². The van der Waals surface area contributed by atoms with Crippen LogP contribution < -0.4 is 15.9 Å². The van der Waals surface area contributed by atoms with Crippen molar-refractivity contribution in [2.75, 3.05) is 5.32 Å². The number of nitrogens with zero attached hydrogens (tertiary/aromatic N) is 2. The summed E-state index contributed by atoms with van der Waals surface area (Å²) in [6, 6.07) is 12.1. The first-order valence-corrected chi connectivity index (χ1v) is 7.44. The highest BCUT2D eigenvalue weighted by atomic mass is 32.1. The Balaban J connectivity index is 1.52. The SMILES string of the molecule is C(=N/N[C@@H]1Nc2[nH]c3ccccc3c2N=[NH+]1)/c1cccs1. The van der Waals surface area contributed by atoms with Gasteiger partial charge in [0, 0.05) is 15.8 Å². The van der Waals surface area contributed by atoms with Crippen molar-refractivity contribution in [2.24, 2.45) is 10.2 Å². The second-order valence-electron chi connectivity index (χ2n) is 4.62. The maximum atomic E-state index is 4.40. The van der Waals surface area contributed by atoms with E-state index in [4.69, 9.17) is 0 Å². The van der Waals surface area contributed by atoms with E-state index in [1.165, 1.54) is 0 Å². The van der Waals surface area contributed by atoms with Gasteiger partial charge < -0.3 is 4.98 Å². The van der Waals surface area contributed by atoms with Crippen LogP contribution in [0.3, 0.4) is 0 Å². The number of hydrazone groups is 1. The van der Waals surface area contributed by atoms with Gasteiger partial charge in [0.15, 0.2) is 5.69 Å². The van der Waals surface area contributed by atoms with Crippen molar-refractivity contribution < 1.29 is 5.11 Å². The molecule has 1 aromatic carbocycles. The van der Waals surface area contributed by atoms with Crippen LogP contribution >= 0.6 is 11.3 Å². The molecule has 0 radical (unpaired) electrons. The molecule has 4 rings (SSSR count). The van der Waals surface area contributed by atoms with Crippen LogP contribution in [0.2, 0.25) is 0 Å². The molecule has 0 aliphatic carbocycles. The molecule has 0 amide bonds. The summed E-state index contributed by atoms with van der Waals surface area (Å²) in [5.74, 6) is 0.888. The molecular formula is C14H13N6S+. The quantitative estimate of drug-likeness (QED) is 0.439. The van der Waals surface area contributed by atoms with Gasteiger partial charge in [-0.15, -0.1) is 11.3 Å². The molecule has 0 saturated carbocycles. The Bertz CT molecular complexity index is 817. The largest absolute Gasteiger partial charge is 0.344 e. The second-order valence-corrected chi connectivity index (χ2v) is 5.59. The summed E-state index contributed by atoms with van der Waals surface area (Å²) in [6.45, 7) is 0. The van der Waals surface area contributed by atoms with Gasteiger partial charge in [-0.05, 0) is 22.6 Å². The van der Waals surface area contributed by atoms with Gasteiger partial charge in [0.2, 0.25) is 0 Å². The number of fused-ring (bicyclic) bond motifs is 3. The lowest BCUT2D eigenvalue weighted by molar-refractivity contribution is -0.570. The molecule has 0 spiro atoms. The van der Waals surface area contributed by atoms with Crippen LogP contribution in [0.1, 0.15) is 4.88 Å². The average Bonchev–Trinajstić information content (AvgIpc) is 3.13. The molecule has 6 nitrogen and oxygen atoms in total. The zero-order valence-electron chi connectivity index (χ0n) is 11.0. The van der Waals surface area contributed by atoms with E-state index in [0.717, 1.165) is 27.3 Å². The van der Waals surface area contributed by atoms with E-state index in [-0.39, 0.29) is 6.29 Å². The number of benzene rings is 1. The molecule has 1 atom stereocenters. The molecule has 7 heteroatoms. The summed E-state index contributed by atoms with van der Waals surface area (Å²) >= 11 is 1.64. The van der Waals surface area contributed by atoms with Crippen molar-refractivity contribution in [3.05, 3.63) is 46.7 Å². The Hall–Kier alpha value is -2.67. The van der Waals surface area contributed by atoms with Crippen molar-refractivity contribution in [2.45, 2.75) is 6.29 Å². The van der Waals surface area contributed by atoms with Crippen molar-refractivity contribution in [1.29, 1.82) is 0 Å². The van der Waals surface area contributed by atoms with Crippen LogP contribution in [0, 0.1) is 0 Å². The fourth-order valence-electron chi connectivity index (χ4n) is 2.25. The molecular weight excluding hydrogens is 284 g/mol. The predicted molar refractivity (Wildman–Crippen MR) is 83.8 cm³/mol. The third kappa shape index (κ3) is 2.27. The summed E-state index contributed by atoms with van der Waals surface area (Å²) in [7, 11) is 0. The number of para-hydroxylation sites is 1. The zero-order chi connectivity index (χ0) is 14.1. The Kier molecular flexibility index (Phi) is 2.89. The first-order chi connectivity index (χ1) is 10.4. The van der Waals surface area contributed by atoms with Gasteiger partial charge in [0.1, 0.15) is 5.82 Å². The molecule has 0 saturated heterocycles. The number of aromatic amines is 1. The van der Waals surface area contributed by atoms with Crippen molar-refractivity contribution in [1.82, 2.24) is 10.4 Å². The first kappa shape index (κ1) is 12.1. The minimum atomic E-state index is -0.248.